The molecule has 0 saturated carbocycles. The lowest BCUT2D eigenvalue weighted by Gasteiger charge is -2.05. The molecule has 88 valence electrons. The number of aryl methyl sites for hydroxylation is 1. The maximum Gasteiger partial charge on any atom is 0.451 e. The number of hydrogen-bond donors (Lipinski definition) is 0. The van der Waals surface area contributed by atoms with E-state index in [1.165, 1.54) is 13.0 Å². The van der Waals surface area contributed by atoms with Crippen LogP contribution in [0.1, 0.15) is 22.8 Å². The Labute approximate surface area is 94.3 Å². The molecular weight excluding hydrogens is 232 g/mol. The number of carbonyl (C=O) groups is 1. The van der Waals surface area contributed by atoms with Crippen molar-refractivity contribution in [3.05, 3.63) is 35.4 Å². The predicted molar refractivity (Wildman–Crippen MR) is 57.1 cm³/mol. The summed E-state index contributed by atoms with van der Waals surface area (Å²) in [6.45, 7) is 3.09. The monoisotopic (exact) mass is 244 g/mol. The molecule has 0 aliphatic rings. The first-order valence-corrected chi connectivity index (χ1v) is 5.98. The smallest absolute Gasteiger partial charge is 0.320 e. The number of carbonyl (C=O) groups excluding carboxylic acids is 1. The molecule has 0 heterocycles. The third-order valence-electron chi connectivity index (χ3n) is 1.80. The quantitative estimate of drug-likeness (QED) is 0.801. The van der Waals surface area contributed by atoms with Gasteiger partial charge in [-0.3, -0.25) is 0 Å². The van der Waals surface area contributed by atoms with E-state index in [1.807, 2.05) is 0 Å². The zero-order valence-electron chi connectivity index (χ0n) is 8.97. The molecule has 1 aromatic rings. The number of rotatable bonds is 4. The van der Waals surface area contributed by atoms with Crippen LogP contribution in [0.5, 0.6) is 0 Å². The van der Waals surface area contributed by atoms with Gasteiger partial charge in [0, 0.05) is 0 Å². The van der Waals surface area contributed by atoms with E-state index in [1.54, 1.807) is 25.1 Å². The van der Waals surface area contributed by atoms with Gasteiger partial charge in [-0.25, -0.2) is 8.98 Å². The molecule has 0 spiro atoms. The van der Waals surface area contributed by atoms with Crippen molar-refractivity contribution in [2.75, 3.05) is 6.61 Å². The minimum Gasteiger partial charge on any atom is -0.320 e. The summed E-state index contributed by atoms with van der Waals surface area (Å²) in [5.74, 6) is -0.938. The van der Waals surface area contributed by atoms with Crippen LogP contribution in [0.4, 0.5) is 0 Å². The summed E-state index contributed by atoms with van der Waals surface area (Å²) in [5, 5.41) is 0. The average Bonchev–Trinajstić information content (AvgIpc) is 2.17. The summed E-state index contributed by atoms with van der Waals surface area (Å²) in [7, 11) is -4.25. The molecule has 1 aromatic carbocycles. The third kappa shape index (κ3) is 3.32. The summed E-state index contributed by atoms with van der Waals surface area (Å²) in [6.07, 6.45) is 0. The molecule has 0 bridgehead atoms. The minimum atomic E-state index is -4.25. The Hall–Kier alpha value is -1.40. The van der Waals surface area contributed by atoms with Gasteiger partial charge in [-0.2, -0.15) is 8.42 Å². The van der Waals surface area contributed by atoms with Gasteiger partial charge in [-0.15, -0.1) is 0 Å². The maximum atomic E-state index is 11.5. The van der Waals surface area contributed by atoms with Crippen molar-refractivity contribution >= 4 is 16.4 Å². The van der Waals surface area contributed by atoms with Gasteiger partial charge in [-0.05, 0) is 25.5 Å². The summed E-state index contributed by atoms with van der Waals surface area (Å²) in [5.41, 5.74) is 0.838. The van der Waals surface area contributed by atoms with Gasteiger partial charge in [0.15, 0.2) is 0 Å². The molecule has 0 N–H and O–H groups in total. The van der Waals surface area contributed by atoms with Gasteiger partial charge in [0.1, 0.15) is 0 Å². The van der Waals surface area contributed by atoms with Crippen molar-refractivity contribution in [1.82, 2.24) is 0 Å². The largest absolute Gasteiger partial charge is 0.451 e. The SMILES string of the molecule is CCOS(=O)(=O)OC(=O)c1ccccc1C. The maximum absolute atomic E-state index is 11.5. The van der Waals surface area contributed by atoms with Crippen molar-refractivity contribution in [2.45, 2.75) is 13.8 Å². The summed E-state index contributed by atoms with van der Waals surface area (Å²) >= 11 is 0. The Morgan fingerprint density at radius 3 is 2.50 bits per heavy atom. The van der Waals surface area contributed by atoms with E-state index in [9.17, 15) is 13.2 Å². The van der Waals surface area contributed by atoms with Crippen LogP contribution in [0.25, 0.3) is 0 Å². The molecule has 0 saturated heterocycles. The van der Waals surface area contributed by atoms with Gasteiger partial charge in [0.2, 0.25) is 0 Å². The van der Waals surface area contributed by atoms with Crippen LogP contribution in [0.3, 0.4) is 0 Å². The predicted octanol–water partition coefficient (Wildman–Crippen LogP) is 1.43. The molecule has 6 heteroatoms. The van der Waals surface area contributed by atoms with E-state index in [0.29, 0.717) is 5.56 Å². The second-order valence-corrected chi connectivity index (χ2v) is 4.22. The van der Waals surface area contributed by atoms with Crippen molar-refractivity contribution < 1.29 is 21.6 Å². The van der Waals surface area contributed by atoms with E-state index >= 15 is 0 Å². The molecule has 0 fully saturated rings. The standard InChI is InChI=1S/C10H12O5S/c1-3-14-16(12,13)15-10(11)9-7-5-4-6-8(9)2/h4-7H,3H2,1-2H3. The fourth-order valence-corrected chi connectivity index (χ4v) is 1.72. The van der Waals surface area contributed by atoms with Gasteiger partial charge in [0.05, 0.1) is 12.2 Å². The van der Waals surface area contributed by atoms with Crippen LogP contribution in [-0.2, 0) is 18.8 Å². The molecule has 0 aliphatic heterocycles. The minimum absolute atomic E-state index is 0.0800. The molecule has 0 amide bonds. The normalized spacial score (nSPS) is 11.1. The summed E-state index contributed by atoms with van der Waals surface area (Å²) in [4.78, 5) is 11.5. The van der Waals surface area contributed by atoms with Crippen LogP contribution in [0.2, 0.25) is 0 Å². The first kappa shape index (κ1) is 12.7. The van der Waals surface area contributed by atoms with Crippen molar-refractivity contribution in [1.29, 1.82) is 0 Å². The number of benzene rings is 1. The van der Waals surface area contributed by atoms with Gasteiger partial charge in [-0.1, -0.05) is 18.2 Å². The van der Waals surface area contributed by atoms with Crippen molar-refractivity contribution in [3.63, 3.8) is 0 Å². The van der Waals surface area contributed by atoms with E-state index in [-0.39, 0.29) is 12.2 Å². The van der Waals surface area contributed by atoms with Crippen LogP contribution in [0.15, 0.2) is 24.3 Å². The molecular formula is C10H12O5S. The van der Waals surface area contributed by atoms with E-state index in [0.717, 1.165) is 0 Å². The zero-order chi connectivity index (χ0) is 12.2. The van der Waals surface area contributed by atoms with E-state index in [4.69, 9.17) is 0 Å². The third-order valence-corrected chi connectivity index (χ3v) is 2.68. The van der Waals surface area contributed by atoms with E-state index < -0.39 is 16.4 Å². The molecule has 16 heavy (non-hydrogen) atoms. The fourth-order valence-electron chi connectivity index (χ4n) is 1.11. The Bertz CT molecular complexity index is 478. The summed E-state index contributed by atoms with van der Waals surface area (Å²) in [6, 6.07) is 6.53. The molecule has 1 rings (SSSR count). The lowest BCUT2D eigenvalue weighted by atomic mass is 10.1. The first-order valence-electron chi connectivity index (χ1n) is 4.65. The first-order chi connectivity index (χ1) is 7.46. The molecule has 0 aromatic heterocycles. The molecule has 0 atom stereocenters. The molecule has 0 radical (unpaired) electrons. The van der Waals surface area contributed by atoms with Crippen LogP contribution < -0.4 is 0 Å². The Morgan fingerprint density at radius 2 is 1.94 bits per heavy atom. The van der Waals surface area contributed by atoms with Crippen LogP contribution in [0, 0.1) is 6.92 Å². The van der Waals surface area contributed by atoms with Gasteiger partial charge >= 0.3 is 16.4 Å². The highest BCUT2D eigenvalue weighted by Crippen LogP contribution is 2.10. The molecule has 0 unspecified atom stereocenters. The van der Waals surface area contributed by atoms with E-state index in [2.05, 4.69) is 8.37 Å². The lowest BCUT2D eigenvalue weighted by Crippen LogP contribution is -2.16. The van der Waals surface area contributed by atoms with Gasteiger partial charge in [0.25, 0.3) is 0 Å². The van der Waals surface area contributed by atoms with Crippen LogP contribution in [-0.4, -0.2) is 21.0 Å². The number of hydrogen-bond acceptors (Lipinski definition) is 5. The molecule has 5 nitrogen and oxygen atoms in total. The second-order valence-electron chi connectivity index (χ2n) is 3.00. The van der Waals surface area contributed by atoms with Crippen molar-refractivity contribution in [2.24, 2.45) is 0 Å². The van der Waals surface area contributed by atoms with Crippen molar-refractivity contribution in [3.8, 4) is 0 Å². The highest BCUT2D eigenvalue weighted by Gasteiger charge is 2.19. The molecule has 0 aliphatic carbocycles. The second kappa shape index (κ2) is 5.09. The Balaban J connectivity index is 2.85. The van der Waals surface area contributed by atoms with Crippen LogP contribution >= 0.6 is 0 Å². The lowest BCUT2D eigenvalue weighted by molar-refractivity contribution is 0.0713. The fraction of sp³-hybridized carbons (Fsp3) is 0.300. The Kier molecular flexibility index (Phi) is 4.03. The van der Waals surface area contributed by atoms with Gasteiger partial charge < -0.3 is 4.18 Å². The zero-order valence-corrected chi connectivity index (χ0v) is 9.78. The highest BCUT2D eigenvalue weighted by molar-refractivity contribution is 7.82. The average molecular weight is 244 g/mol. The Morgan fingerprint density at radius 1 is 1.31 bits per heavy atom. The summed E-state index contributed by atoms with van der Waals surface area (Å²) < 4.78 is 30.7. The topological polar surface area (TPSA) is 69.7 Å². The highest BCUT2D eigenvalue weighted by atomic mass is 32.3.